The molecule has 2 aromatic rings. The number of thiophene rings is 1. The topological polar surface area (TPSA) is 80.2 Å². The van der Waals surface area contributed by atoms with Gasteiger partial charge in [-0.2, -0.15) is 11.3 Å². The third-order valence-corrected chi connectivity index (χ3v) is 6.93. The summed E-state index contributed by atoms with van der Waals surface area (Å²) in [6.07, 6.45) is 12.4. The molecule has 2 aliphatic rings. The van der Waals surface area contributed by atoms with Crippen molar-refractivity contribution < 1.29 is 9.59 Å². The maximum absolute atomic E-state index is 13.1. The molecule has 2 N–H and O–H groups in total. The van der Waals surface area contributed by atoms with Crippen LogP contribution in [0.2, 0.25) is 0 Å². The van der Waals surface area contributed by atoms with Crippen molar-refractivity contribution in [2.75, 3.05) is 0 Å². The van der Waals surface area contributed by atoms with Gasteiger partial charge < -0.3 is 15.2 Å². The molecule has 1 atom stereocenters. The number of aromatic nitrogens is 1. The van der Waals surface area contributed by atoms with Crippen LogP contribution in [0.15, 0.2) is 34.0 Å². The summed E-state index contributed by atoms with van der Waals surface area (Å²) in [7, 11) is 0. The van der Waals surface area contributed by atoms with Gasteiger partial charge in [-0.3, -0.25) is 14.4 Å². The van der Waals surface area contributed by atoms with Crippen LogP contribution in [-0.2, 0) is 6.42 Å². The van der Waals surface area contributed by atoms with Gasteiger partial charge in [0.15, 0.2) is 0 Å². The smallest absolute Gasteiger partial charge is 0.256 e. The molecule has 166 valence electrons. The molecule has 2 saturated carbocycles. The first-order chi connectivity index (χ1) is 15.0. The van der Waals surface area contributed by atoms with E-state index in [0.717, 1.165) is 44.1 Å². The number of carbonyl (C=O) groups is 2. The molecule has 31 heavy (non-hydrogen) atoms. The molecule has 2 heterocycles. The fraction of sp³-hybridized carbons (Fsp3) is 0.542. The van der Waals surface area contributed by atoms with Gasteiger partial charge >= 0.3 is 0 Å². The Hall–Kier alpha value is -2.41. The molecular formula is C24H31N3O3S. The van der Waals surface area contributed by atoms with Gasteiger partial charge in [-0.05, 0) is 61.4 Å². The summed E-state index contributed by atoms with van der Waals surface area (Å²) in [5, 5.41) is 10.1. The van der Waals surface area contributed by atoms with Crippen molar-refractivity contribution in [1.82, 2.24) is 15.2 Å². The second kappa shape index (κ2) is 9.81. The van der Waals surface area contributed by atoms with Crippen molar-refractivity contribution in [2.45, 2.75) is 82.8 Å². The fourth-order valence-electron chi connectivity index (χ4n) is 4.31. The van der Waals surface area contributed by atoms with Gasteiger partial charge in [0.1, 0.15) is 11.1 Å². The molecule has 2 amide bonds. The summed E-state index contributed by atoms with van der Waals surface area (Å²) in [4.78, 5) is 39.1. The molecule has 7 heteroatoms. The Morgan fingerprint density at radius 1 is 1.06 bits per heavy atom. The summed E-state index contributed by atoms with van der Waals surface area (Å²) < 4.78 is 1.88. The van der Waals surface area contributed by atoms with E-state index in [0.29, 0.717) is 6.42 Å². The first-order valence-corrected chi connectivity index (χ1v) is 12.3. The standard InChI is InChI=1S/C24H31N3O3S/c1-16(12-17-10-11-31-15-17)25-23(29)20-13-27(19-8-9-19)14-21(22(20)28)24(30)26-18-6-4-2-3-5-7-18/h10-11,13-16,18-19H,2-9,12H2,1H3,(H,25,29)(H,26,30). The van der Waals surface area contributed by atoms with Gasteiger partial charge in [-0.15, -0.1) is 0 Å². The summed E-state index contributed by atoms with van der Waals surface area (Å²) in [5.74, 6) is -0.765. The first-order valence-electron chi connectivity index (χ1n) is 11.4. The summed E-state index contributed by atoms with van der Waals surface area (Å²) >= 11 is 1.62. The zero-order valence-corrected chi connectivity index (χ0v) is 18.9. The molecule has 0 bridgehead atoms. The van der Waals surface area contributed by atoms with E-state index in [2.05, 4.69) is 16.0 Å². The number of nitrogens with zero attached hydrogens (tertiary/aromatic N) is 1. The van der Waals surface area contributed by atoms with E-state index in [9.17, 15) is 14.4 Å². The lowest BCUT2D eigenvalue weighted by Gasteiger charge is -2.18. The molecule has 0 spiro atoms. The average Bonchev–Trinajstić information content (AvgIpc) is 3.51. The van der Waals surface area contributed by atoms with E-state index >= 15 is 0 Å². The normalized spacial score (nSPS) is 18.2. The zero-order chi connectivity index (χ0) is 21.8. The molecular weight excluding hydrogens is 410 g/mol. The second-order valence-corrected chi connectivity index (χ2v) is 9.75. The van der Waals surface area contributed by atoms with Crippen molar-refractivity contribution >= 4 is 23.2 Å². The molecule has 4 rings (SSSR count). The lowest BCUT2D eigenvalue weighted by atomic mass is 10.1. The number of hydrogen-bond donors (Lipinski definition) is 2. The van der Waals surface area contributed by atoms with Crippen LogP contribution in [0.1, 0.15) is 90.6 Å². The number of pyridine rings is 1. The quantitative estimate of drug-likeness (QED) is 0.636. The molecule has 0 aliphatic heterocycles. The highest BCUT2D eigenvalue weighted by atomic mass is 32.1. The highest BCUT2D eigenvalue weighted by Gasteiger charge is 2.28. The third kappa shape index (κ3) is 5.64. The number of hydrogen-bond acceptors (Lipinski definition) is 4. The van der Waals surface area contributed by atoms with Gasteiger partial charge in [-0.1, -0.05) is 25.7 Å². The minimum absolute atomic E-state index is 0.0533. The van der Waals surface area contributed by atoms with E-state index in [1.165, 1.54) is 12.8 Å². The summed E-state index contributed by atoms with van der Waals surface area (Å²) in [6.45, 7) is 1.93. The first kappa shape index (κ1) is 21.8. The van der Waals surface area contributed by atoms with Crippen molar-refractivity contribution in [1.29, 1.82) is 0 Å². The lowest BCUT2D eigenvalue weighted by Crippen LogP contribution is -2.41. The molecule has 0 aromatic carbocycles. The monoisotopic (exact) mass is 441 g/mol. The van der Waals surface area contributed by atoms with Gasteiger partial charge in [-0.25, -0.2) is 0 Å². The summed E-state index contributed by atoms with van der Waals surface area (Å²) in [5.41, 5.74) is 0.805. The number of nitrogens with one attached hydrogen (secondary N) is 2. The van der Waals surface area contributed by atoms with Crippen molar-refractivity contribution in [3.8, 4) is 0 Å². The fourth-order valence-corrected chi connectivity index (χ4v) is 4.99. The number of carbonyl (C=O) groups excluding carboxylic acids is 2. The van der Waals surface area contributed by atoms with Crippen LogP contribution in [0.4, 0.5) is 0 Å². The number of rotatable bonds is 7. The van der Waals surface area contributed by atoms with Crippen LogP contribution in [0.5, 0.6) is 0 Å². The minimum atomic E-state index is -0.483. The molecule has 2 aromatic heterocycles. The molecule has 6 nitrogen and oxygen atoms in total. The van der Waals surface area contributed by atoms with E-state index in [1.807, 2.05) is 22.9 Å². The highest BCUT2D eigenvalue weighted by molar-refractivity contribution is 7.07. The second-order valence-electron chi connectivity index (χ2n) is 8.97. The maximum Gasteiger partial charge on any atom is 0.256 e. The Balaban J connectivity index is 1.53. The van der Waals surface area contributed by atoms with Crippen LogP contribution in [-0.4, -0.2) is 28.5 Å². The third-order valence-electron chi connectivity index (χ3n) is 6.19. The van der Waals surface area contributed by atoms with Crippen molar-refractivity contribution in [3.05, 3.63) is 56.1 Å². The van der Waals surface area contributed by atoms with Crippen LogP contribution in [0.25, 0.3) is 0 Å². The van der Waals surface area contributed by atoms with Crippen LogP contribution in [0, 0.1) is 0 Å². The Kier molecular flexibility index (Phi) is 6.90. The van der Waals surface area contributed by atoms with E-state index in [4.69, 9.17) is 0 Å². The average molecular weight is 442 g/mol. The van der Waals surface area contributed by atoms with E-state index < -0.39 is 11.3 Å². The highest BCUT2D eigenvalue weighted by Crippen LogP contribution is 2.34. The number of amides is 2. The van der Waals surface area contributed by atoms with Crippen LogP contribution < -0.4 is 16.1 Å². The zero-order valence-electron chi connectivity index (χ0n) is 18.1. The van der Waals surface area contributed by atoms with E-state index in [-0.39, 0.29) is 35.2 Å². The minimum Gasteiger partial charge on any atom is -0.349 e. The predicted molar refractivity (Wildman–Crippen MR) is 123 cm³/mol. The van der Waals surface area contributed by atoms with Crippen molar-refractivity contribution in [3.63, 3.8) is 0 Å². The maximum atomic E-state index is 13.1. The Labute approximate surface area is 187 Å². The molecule has 2 fully saturated rings. The van der Waals surface area contributed by atoms with Gasteiger partial charge in [0.2, 0.25) is 5.43 Å². The van der Waals surface area contributed by atoms with Gasteiger partial charge in [0.25, 0.3) is 11.8 Å². The van der Waals surface area contributed by atoms with Crippen LogP contribution in [0.3, 0.4) is 0 Å². The molecule has 0 saturated heterocycles. The molecule has 1 unspecified atom stereocenters. The Bertz CT molecular complexity index is 970. The van der Waals surface area contributed by atoms with Crippen LogP contribution >= 0.6 is 11.3 Å². The van der Waals surface area contributed by atoms with Crippen molar-refractivity contribution in [2.24, 2.45) is 0 Å². The lowest BCUT2D eigenvalue weighted by molar-refractivity contribution is 0.0931. The Morgan fingerprint density at radius 2 is 1.74 bits per heavy atom. The summed E-state index contributed by atoms with van der Waals surface area (Å²) in [6, 6.07) is 2.29. The molecule has 0 radical (unpaired) electrons. The van der Waals surface area contributed by atoms with Gasteiger partial charge in [0.05, 0.1) is 0 Å². The van der Waals surface area contributed by atoms with Gasteiger partial charge in [0, 0.05) is 30.5 Å². The SMILES string of the molecule is CC(Cc1ccsc1)NC(=O)c1cn(C2CC2)cc(C(=O)NC2CCCCCC2)c1=O. The Morgan fingerprint density at radius 3 is 2.35 bits per heavy atom. The largest absolute Gasteiger partial charge is 0.349 e. The van der Waals surface area contributed by atoms with E-state index in [1.54, 1.807) is 23.7 Å². The molecule has 2 aliphatic carbocycles. The predicted octanol–water partition coefficient (Wildman–Crippen LogP) is 4.06.